The summed E-state index contributed by atoms with van der Waals surface area (Å²) < 4.78 is 11.9. The monoisotopic (exact) mass is 434 g/mol. The lowest BCUT2D eigenvalue weighted by Crippen LogP contribution is -2.35. The zero-order valence-electron chi connectivity index (χ0n) is 18.3. The normalized spacial score (nSPS) is 18.0. The van der Waals surface area contributed by atoms with Crippen LogP contribution in [0.15, 0.2) is 48.5 Å². The van der Waals surface area contributed by atoms with Crippen molar-refractivity contribution < 1.29 is 9.47 Å². The Labute approximate surface area is 187 Å². The number of benzene rings is 2. The van der Waals surface area contributed by atoms with Crippen molar-refractivity contribution in [2.24, 2.45) is 0 Å². The van der Waals surface area contributed by atoms with Gasteiger partial charge in [-0.3, -0.25) is 9.80 Å². The first-order chi connectivity index (χ1) is 15.8. The molecule has 0 radical (unpaired) electrons. The molecule has 4 aromatic rings. The lowest BCUT2D eigenvalue weighted by atomic mass is 10.3. The van der Waals surface area contributed by atoms with Crippen LogP contribution in [0.3, 0.4) is 0 Å². The van der Waals surface area contributed by atoms with Crippen molar-refractivity contribution in [1.82, 2.24) is 29.7 Å². The summed E-state index contributed by atoms with van der Waals surface area (Å²) in [4.78, 5) is 20.9. The van der Waals surface area contributed by atoms with Crippen molar-refractivity contribution >= 4 is 22.1 Å². The fourth-order valence-electron chi connectivity index (χ4n) is 4.10. The van der Waals surface area contributed by atoms with Crippen LogP contribution >= 0.6 is 0 Å². The van der Waals surface area contributed by atoms with E-state index in [9.17, 15) is 0 Å². The van der Waals surface area contributed by atoms with Gasteiger partial charge in [0.1, 0.15) is 11.6 Å². The van der Waals surface area contributed by atoms with Gasteiger partial charge in [-0.2, -0.15) is 0 Å². The Morgan fingerprint density at radius 3 is 1.44 bits per heavy atom. The number of imidazole rings is 2. The Bertz CT molecular complexity index is 972. The van der Waals surface area contributed by atoms with E-state index >= 15 is 0 Å². The molecule has 0 amide bonds. The summed E-state index contributed by atoms with van der Waals surface area (Å²) in [6.45, 7) is 7.70. The molecule has 0 atom stereocenters. The maximum absolute atomic E-state index is 5.97. The molecule has 2 N–H and O–H groups in total. The van der Waals surface area contributed by atoms with Crippen molar-refractivity contribution in [3.63, 3.8) is 0 Å². The first kappa shape index (κ1) is 21.1. The van der Waals surface area contributed by atoms with E-state index in [1.54, 1.807) is 0 Å². The number of H-pyrrole nitrogens is 2. The molecule has 0 spiro atoms. The van der Waals surface area contributed by atoms with E-state index < -0.39 is 0 Å². The average Bonchev–Trinajstić information content (AvgIpc) is 3.39. The lowest BCUT2D eigenvalue weighted by molar-refractivity contribution is 0.0333. The van der Waals surface area contributed by atoms with Crippen molar-refractivity contribution in [3.8, 4) is 0 Å². The predicted molar refractivity (Wildman–Crippen MR) is 124 cm³/mol. The van der Waals surface area contributed by atoms with E-state index in [-0.39, 0.29) is 0 Å². The van der Waals surface area contributed by atoms with Crippen LogP contribution in [0.2, 0.25) is 0 Å². The summed E-state index contributed by atoms with van der Waals surface area (Å²) in [6.07, 6.45) is 0. The highest BCUT2D eigenvalue weighted by Crippen LogP contribution is 2.13. The SMILES string of the molecule is c1ccc2[nH]c(CN3CCOCCN(Cc4nc5ccccc5[nH]4)CCOCC3)nc2c1. The third-order valence-electron chi connectivity index (χ3n) is 5.83. The molecule has 8 nitrogen and oxygen atoms in total. The van der Waals surface area contributed by atoms with Gasteiger partial charge in [0.15, 0.2) is 0 Å². The lowest BCUT2D eigenvalue weighted by Gasteiger charge is -2.25. The molecule has 5 rings (SSSR count). The van der Waals surface area contributed by atoms with Crippen molar-refractivity contribution in [2.75, 3.05) is 52.6 Å². The third-order valence-corrected chi connectivity index (χ3v) is 5.83. The Hall–Kier alpha value is -2.78. The second kappa shape index (κ2) is 10.2. The minimum absolute atomic E-state index is 0.693. The number of nitrogens with zero attached hydrogens (tertiary/aromatic N) is 4. The molecule has 0 bridgehead atoms. The predicted octanol–water partition coefficient (Wildman–Crippen LogP) is 2.79. The van der Waals surface area contributed by atoms with Crippen LogP contribution in [0.25, 0.3) is 22.1 Å². The van der Waals surface area contributed by atoms with E-state index in [4.69, 9.17) is 19.4 Å². The van der Waals surface area contributed by atoms with E-state index in [1.165, 1.54) is 0 Å². The molecule has 32 heavy (non-hydrogen) atoms. The number of hydrogen-bond donors (Lipinski definition) is 2. The second-order valence-electron chi connectivity index (χ2n) is 8.18. The third kappa shape index (κ3) is 5.34. The van der Waals surface area contributed by atoms with E-state index in [0.29, 0.717) is 26.4 Å². The van der Waals surface area contributed by atoms with Crippen LogP contribution < -0.4 is 0 Å². The molecule has 1 saturated heterocycles. The van der Waals surface area contributed by atoms with Crippen LogP contribution in [-0.2, 0) is 22.6 Å². The molecule has 0 saturated carbocycles. The number of nitrogens with one attached hydrogen (secondary N) is 2. The number of hydrogen-bond acceptors (Lipinski definition) is 6. The number of fused-ring (bicyclic) bond motifs is 2. The van der Waals surface area contributed by atoms with Gasteiger partial charge in [-0.25, -0.2) is 9.97 Å². The van der Waals surface area contributed by atoms with Gasteiger partial charge in [-0.15, -0.1) is 0 Å². The Morgan fingerprint density at radius 2 is 1.03 bits per heavy atom. The van der Waals surface area contributed by atoms with Gasteiger partial charge in [0.25, 0.3) is 0 Å². The van der Waals surface area contributed by atoms with E-state index in [2.05, 4.69) is 31.9 Å². The van der Waals surface area contributed by atoms with Gasteiger partial charge in [-0.1, -0.05) is 24.3 Å². The largest absolute Gasteiger partial charge is 0.379 e. The Kier molecular flexibility index (Phi) is 6.74. The van der Waals surface area contributed by atoms with E-state index in [0.717, 1.165) is 73.0 Å². The summed E-state index contributed by atoms with van der Waals surface area (Å²) in [5.74, 6) is 1.96. The molecule has 2 aromatic carbocycles. The maximum atomic E-state index is 5.97. The molecular weight excluding hydrogens is 404 g/mol. The number of ether oxygens (including phenoxy) is 2. The first-order valence-corrected chi connectivity index (χ1v) is 11.3. The molecular formula is C24H30N6O2. The highest BCUT2D eigenvalue weighted by atomic mass is 16.5. The minimum Gasteiger partial charge on any atom is -0.379 e. The zero-order chi connectivity index (χ0) is 21.6. The van der Waals surface area contributed by atoms with E-state index in [1.807, 2.05) is 36.4 Å². The van der Waals surface area contributed by atoms with Gasteiger partial charge in [-0.05, 0) is 24.3 Å². The van der Waals surface area contributed by atoms with Crippen LogP contribution in [0.1, 0.15) is 11.6 Å². The smallest absolute Gasteiger partial charge is 0.121 e. The van der Waals surface area contributed by atoms with Crippen molar-refractivity contribution in [3.05, 3.63) is 60.2 Å². The van der Waals surface area contributed by atoms with Crippen LogP contribution in [0.5, 0.6) is 0 Å². The quantitative estimate of drug-likeness (QED) is 0.514. The number of para-hydroxylation sites is 4. The molecule has 3 heterocycles. The van der Waals surface area contributed by atoms with Gasteiger partial charge in [0.05, 0.1) is 61.6 Å². The summed E-state index contributed by atoms with van der Waals surface area (Å²) in [5, 5.41) is 0. The molecule has 8 heteroatoms. The number of rotatable bonds is 4. The molecule has 168 valence electrons. The average molecular weight is 435 g/mol. The summed E-state index contributed by atoms with van der Waals surface area (Å²) >= 11 is 0. The van der Waals surface area contributed by atoms with Crippen LogP contribution in [-0.4, -0.2) is 82.3 Å². The molecule has 2 aromatic heterocycles. The van der Waals surface area contributed by atoms with Gasteiger partial charge in [0.2, 0.25) is 0 Å². The second-order valence-corrected chi connectivity index (χ2v) is 8.18. The van der Waals surface area contributed by atoms with Crippen LogP contribution in [0.4, 0.5) is 0 Å². The Balaban J connectivity index is 1.14. The maximum Gasteiger partial charge on any atom is 0.121 e. The zero-order valence-corrected chi connectivity index (χ0v) is 18.3. The van der Waals surface area contributed by atoms with Crippen molar-refractivity contribution in [1.29, 1.82) is 0 Å². The van der Waals surface area contributed by atoms with Gasteiger partial charge >= 0.3 is 0 Å². The van der Waals surface area contributed by atoms with Gasteiger partial charge < -0.3 is 19.4 Å². The standard InChI is InChI=1S/C24H30N6O2/c1-2-6-20-19(5-1)25-23(26-20)17-29-9-13-31-15-11-30(12-16-32-14-10-29)18-24-27-21-7-3-4-8-22(21)28-24/h1-8H,9-18H2,(H,25,26)(H,27,28). The number of aromatic amines is 2. The fourth-order valence-corrected chi connectivity index (χ4v) is 4.10. The molecule has 0 aliphatic carbocycles. The van der Waals surface area contributed by atoms with Crippen LogP contribution in [0, 0.1) is 0 Å². The highest BCUT2D eigenvalue weighted by Gasteiger charge is 2.13. The Morgan fingerprint density at radius 1 is 0.625 bits per heavy atom. The fraction of sp³-hybridized carbons (Fsp3) is 0.417. The summed E-state index contributed by atoms with van der Waals surface area (Å²) in [5.41, 5.74) is 4.17. The molecule has 1 aliphatic heterocycles. The topological polar surface area (TPSA) is 82.3 Å². The summed E-state index contributed by atoms with van der Waals surface area (Å²) in [6, 6.07) is 16.3. The summed E-state index contributed by atoms with van der Waals surface area (Å²) in [7, 11) is 0. The highest BCUT2D eigenvalue weighted by molar-refractivity contribution is 5.75. The first-order valence-electron chi connectivity index (χ1n) is 11.3. The number of aromatic nitrogens is 4. The molecule has 0 unspecified atom stereocenters. The molecule has 1 aliphatic rings. The van der Waals surface area contributed by atoms with Crippen molar-refractivity contribution in [2.45, 2.75) is 13.1 Å². The minimum atomic E-state index is 0.693. The molecule has 1 fully saturated rings. The van der Waals surface area contributed by atoms with Gasteiger partial charge in [0, 0.05) is 26.2 Å².